The first-order chi connectivity index (χ1) is 13.0. The molecule has 2 rings (SSSR count). The zero-order valence-electron chi connectivity index (χ0n) is 16.4. The zero-order chi connectivity index (χ0) is 19.8. The summed E-state index contributed by atoms with van der Waals surface area (Å²) in [6, 6.07) is 5.22. The monoisotopic (exact) mass is 372 g/mol. The van der Waals surface area contributed by atoms with Crippen LogP contribution in [0.15, 0.2) is 36.8 Å². The molecule has 8 heteroatoms. The van der Waals surface area contributed by atoms with Crippen molar-refractivity contribution in [2.24, 2.45) is 0 Å². The van der Waals surface area contributed by atoms with E-state index in [2.05, 4.69) is 34.1 Å². The third-order valence-corrected chi connectivity index (χ3v) is 4.42. The van der Waals surface area contributed by atoms with Crippen LogP contribution in [0.25, 0.3) is 0 Å². The van der Waals surface area contributed by atoms with Gasteiger partial charge < -0.3 is 15.1 Å². The Bertz CT molecular complexity index is 725. The zero-order valence-corrected chi connectivity index (χ0v) is 16.4. The van der Waals surface area contributed by atoms with Gasteiger partial charge in [0.25, 0.3) is 0 Å². The number of hydrogen-bond acceptors (Lipinski definition) is 5. The van der Waals surface area contributed by atoms with Crippen LogP contribution >= 0.6 is 0 Å². The van der Waals surface area contributed by atoms with Gasteiger partial charge in [0.15, 0.2) is 0 Å². The van der Waals surface area contributed by atoms with Crippen molar-refractivity contribution in [1.29, 1.82) is 0 Å². The molecule has 0 aromatic carbocycles. The summed E-state index contributed by atoms with van der Waals surface area (Å²) in [5.41, 5.74) is 0.915. The molecule has 0 saturated carbocycles. The lowest BCUT2D eigenvalue weighted by Gasteiger charge is -2.21. The van der Waals surface area contributed by atoms with E-state index in [1.165, 1.54) is 4.90 Å². The molecule has 0 aliphatic rings. The lowest BCUT2D eigenvalue weighted by Crippen LogP contribution is -2.40. The predicted octanol–water partition coefficient (Wildman–Crippen LogP) is 1.46. The number of rotatable bonds is 9. The number of pyridine rings is 1. The third kappa shape index (κ3) is 5.54. The molecular weight excluding hydrogens is 344 g/mol. The Hall–Kier alpha value is -2.90. The lowest BCUT2D eigenvalue weighted by molar-refractivity contribution is -0.137. The average molecular weight is 372 g/mol. The van der Waals surface area contributed by atoms with Crippen LogP contribution in [0.1, 0.15) is 32.4 Å². The molecule has 1 atom stereocenters. The molecule has 2 aromatic rings. The fraction of sp³-hybridized carbons (Fsp3) is 0.474. The molecule has 1 unspecified atom stereocenters. The molecule has 27 heavy (non-hydrogen) atoms. The van der Waals surface area contributed by atoms with Crippen molar-refractivity contribution in [3.63, 3.8) is 0 Å². The second-order valence-corrected chi connectivity index (χ2v) is 6.33. The summed E-state index contributed by atoms with van der Waals surface area (Å²) < 4.78 is 1.57. The van der Waals surface area contributed by atoms with E-state index >= 15 is 0 Å². The summed E-state index contributed by atoms with van der Waals surface area (Å²) in [5.74, 6) is 0.540. The van der Waals surface area contributed by atoms with Crippen molar-refractivity contribution < 1.29 is 9.59 Å². The van der Waals surface area contributed by atoms with E-state index in [0.717, 1.165) is 24.5 Å². The highest BCUT2D eigenvalue weighted by Gasteiger charge is 2.21. The highest BCUT2D eigenvalue weighted by atomic mass is 16.2. The molecule has 146 valence electrons. The van der Waals surface area contributed by atoms with Crippen molar-refractivity contribution >= 4 is 17.6 Å². The summed E-state index contributed by atoms with van der Waals surface area (Å²) in [6.07, 6.45) is 5.12. The molecule has 0 aliphatic carbocycles. The molecule has 2 heterocycles. The van der Waals surface area contributed by atoms with Gasteiger partial charge in [-0.05, 0) is 38.5 Å². The van der Waals surface area contributed by atoms with Crippen LogP contribution < -0.4 is 10.2 Å². The van der Waals surface area contributed by atoms with E-state index in [-0.39, 0.29) is 18.4 Å². The largest absolute Gasteiger partial charge is 0.357 e. The van der Waals surface area contributed by atoms with Gasteiger partial charge >= 0.3 is 0 Å². The minimum Gasteiger partial charge on any atom is -0.357 e. The van der Waals surface area contributed by atoms with Crippen molar-refractivity contribution in [3.05, 3.63) is 42.4 Å². The molecule has 2 aromatic heterocycles. The Balaban J connectivity index is 1.82. The van der Waals surface area contributed by atoms with E-state index in [9.17, 15) is 9.59 Å². The van der Waals surface area contributed by atoms with E-state index in [1.807, 2.05) is 12.1 Å². The molecule has 8 nitrogen and oxygen atoms in total. The van der Waals surface area contributed by atoms with E-state index in [4.69, 9.17) is 0 Å². The molecule has 0 aliphatic heterocycles. The summed E-state index contributed by atoms with van der Waals surface area (Å²) in [7, 11) is 1.61. The van der Waals surface area contributed by atoms with Crippen molar-refractivity contribution in [2.75, 3.05) is 31.6 Å². The molecule has 0 fully saturated rings. The number of likely N-dealkylation sites (N-methyl/N-ethyl adjacent to an activating group) is 1. The summed E-state index contributed by atoms with van der Waals surface area (Å²) in [5, 5.41) is 6.89. The van der Waals surface area contributed by atoms with Gasteiger partial charge in [0.05, 0.1) is 6.54 Å². The van der Waals surface area contributed by atoms with Gasteiger partial charge in [0.1, 0.15) is 11.9 Å². The first-order valence-corrected chi connectivity index (χ1v) is 9.16. The number of aromatic nitrogens is 3. The highest BCUT2D eigenvalue weighted by Crippen LogP contribution is 2.11. The summed E-state index contributed by atoms with van der Waals surface area (Å²) in [6.45, 7) is 8.10. The van der Waals surface area contributed by atoms with Gasteiger partial charge in [0.2, 0.25) is 11.8 Å². The predicted molar refractivity (Wildman–Crippen MR) is 104 cm³/mol. The molecule has 2 amide bonds. The number of anilines is 1. The Morgan fingerprint density at radius 2 is 2.00 bits per heavy atom. The minimum atomic E-state index is -0.449. The number of nitrogens with one attached hydrogen (secondary N) is 1. The Kier molecular flexibility index (Phi) is 7.34. The van der Waals surface area contributed by atoms with Crippen LogP contribution in [0.4, 0.5) is 5.82 Å². The topological polar surface area (TPSA) is 83.4 Å². The van der Waals surface area contributed by atoms with Crippen LogP contribution in [0.2, 0.25) is 0 Å². The quantitative estimate of drug-likeness (QED) is 0.720. The molecule has 0 spiro atoms. The number of hydrogen-bond donors (Lipinski definition) is 1. The first-order valence-electron chi connectivity index (χ1n) is 9.16. The van der Waals surface area contributed by atoms with Crippen molar-refractivity contribution in [3.8, 4) is 0 Å². The average Bonchev–Trinajstić information content (AvgIpc) is 3.22. The van der Waals surface area contributed by atoms with Gasteiger partial charge in [-0.2, -0.15) is 5.10 Å². The Morgan fingerprint density at radius 3 is 2.56 bits per heavy atom. The molecule has 0 radical (unpaired) electrons. The second kappa shape index (κ2) is 9.70. The maximum absolute atomic E-state index is 12.4. The smallest absolute Gasteiger partial charge is 0.247 e. The molecule has 0 bridgehead atoms. The Labute approximate surface area is 160 Å². The first kappa shape index (κ1) is 20.4. The molecule has 0 saturated heterocycles. The van der Waals surface area contributed by atoms with E-state index < -0.39 is 6.04 Å². The maximum Gasteiger partial charge on any atom is 0.247 e. The van der Waals surface area contributed by atoms with E-state index in [1.54, 1.807) is 43.3 Å². The van der Waals surface area contributed by atoms with Crippen LogP contribution in [0.5, 0.6) is 0 Å². The van der Waals surface area contributed by atoms with Gasteiger partial charge in [-0.15, -0.1) is 0 Å². The number of carbonyl (C=O) groups excluding carboxylic acids is 2. The van der Waals surface area contributed by atoms with Crippen LogP contribution in [0.3, 0.4) is 0 Å². The van der Waals surface area contributed by atoms with Crippen LogP contribution in [-0.2, 0) is 16.1 Å². The van der Waals surface area contributed by atoms with Crippen molar-refractivity contribution in [2.45, 2.75) is 33.4 Å². The number of amides is 2. The lowest BCUT2D eigenvalue weighted by atomic mass is 10.2. The fourth-order valence-electron chi connectivity index (χ4n) is 2.75. The third-order valence-electron chi connectivity index (χ3n) is 4.42. The fourth-order valence-corrected chi connectivity index (χ4v) is 2.75. The SMILES string of the molecule is CCN(CC)c1ccc(CNC(=O)CN(C)C(=O)C(C)n2cccn2)cn1. The molecule has 1 N–H and O–H groups in total. The summed E-state index contributed by atoms with van der Waals surface area (Å²) in [4.78, 5) is 32.5. The van der Waals surface area contributed by atoms with Crippen molar-refractivity contribution in [1.82, 2.24) is 25.0 Å². The van der Waals surface area contributed by atoms with E-state index in [0.29, 0.717) is 6.54 Å². The highest BCUT2D eigenvalue weighted by molar-refractivity contribution is 5.86. The van der Waals surface area contributed by atoms with Gasteiger partial charge in [-0.1, -0.05) is 6.07 Å². The van der Waals surface area contributed by atoms with Gasteiger partial charge in [-0.25, -0.2) is 4.98 Å². The van der Waals surface area contributed by atoms with Gasteiger partial charge in [-0.3, -0.25) is 14.3 Å². The van der Waals surface area contributed by atoms with Crippen LogP contribution in [-0.4, -0.2) is 58.2 Å². The van der Waals surface area contributed by atoms with Crippen LogP contribution in [0, 0.1) is 0 Å². The normalized spacial score (nSPS) is 11.7. The second-order valence-electron chi connectivity index (χ2n) is 6.33. The minimum absolute atomic E-state index is 0.00456. The standard InChI is InChI=1S/C19H28N6O2/c1-5-24(6-2)17-9-8-16(12-20-17)13-21-18(26)14-23(4)19(27)15(3)25-11-7-10-22-25/h7-12,15H,5-6,13-14H2,1-4H3,(H,21,26). The Morgan fingerprint density at radius 1 is 1.26 bits per heavy atom. The van der Waals surface area contributed by atoms with Gasteiger partial charge in [0, 0.05) is 45.3 Å². The number of nitrogens with zero attached hydrogens (tertiary/aromatic N) is 5. The summed E-state index contributed by atoms with van der Waals surface area (Å²) >= 11 is 0. The molecular formula is C19H28N6O2. The number of carbonyl (C=O) groups is 2. The maximum atomic E-state index is 12.4.